The van der Waals surface area contributed by atoms with Gasteiger partial charge in [-0.3, -0.25) is 0 Å². The van der Waals surface area contributed by atoms with Crippen LogP contribution in [0.2, 0.25) is 0 Å². The Morgan fingerprint density at radius 2 is 2.14 bits per heavy atom. The van der Waals surface area contributed by atoms with Crippen LogP contribution in [0.5, 0.6) is 5.75 Å². The van der Waals surface area contributed by atoms with Crippen LogP contribution in [0, 0.1) is 12.7 Å². The second-order valence-electron chi connectivity index (χ2n) is 3.29. The van der Waals surface area contributed by atoms with Crippen LogP contribution >= 0.6 is 0 Å². The summed E-state index contributed by atoms with van der Waals surface area (Å²) in [4.78, 5) is 0. The molecule has 1 unspecified atom stereocenters. The Hall–Kier alpha value is -1.09. The molecule has 0 aliphatic heterocycles. The maximum absolute atomic E-state index is 13.5. The van der Waals surface area contributed by atoms with Gasteiger partial charge in [-0.15, -0.1) is 0 Å². The van der Waals surface area contributed by atoms with Crippen LogP contribution < -0.4 is 4.74 Å². The van der Waals surface area contributed by atoms with E-state index in [1.165, 1.54) is 13.2 Å². The molecule has 0 amide bonds. The zero-order valence-electron chi connectivity index (χ0n) is 8.67. The molecule has 2 nitrogen and oxygen atoms in total. The van der Waals surface area contributed by atoms with Crippen LogP contribution in [0.1, 0.15) is 30.6 Å². The quantitative estimate of drug-likeness (QED) is 0.808. The Kier molecular flexibility index (Phi) is 3.47. The summed E-state index contributed by atoms with van der Waals surface area (Å²) in [7, 11) is 1.47. The molecule has 1 aromatic rings. The summed E-state index contributed by atoms with van der Waals surface area (Å²) in [6, 6.07) is 3.12. The number of benzene rings is 1. The minimum atomic E-state index is -0.800. The van der Waals surface area contributed by atoms with Gasteiger partial charge in [0.2, 0.25) is 0 Å². The topological polar surface area (TPSA) is 29.5 Å². The Balaban J connectivity index is 3.24. The molecule has 0 fully saturated rings. The highest BCUT2D eigenvalue weighted by atomic mass is 19.1. The van der Waals surface area contributed by atoms with Gasteiger partial charge in [0.1, 0.15) is 11.6 Å². The molecule has 1 aromatic carbocycles. The molecule has 0 aliphatic carbocycles. The van der Waals surface area contributed by atoms with E-state index in [-0.39, 0.29) is 5.56 Å². The molecule has 3 heteroatoms. The molecule has 78 valence electrons. The summed E-state index contributed by atoms with van der Waals surface area (Å²) in [5.74, 6) is 0.00745. The maximum Gasteiger partial charge on any atom is 0.132 e. The van der Waals surface area contributed by atoms with Crippen molar-refractivity contribution in [3.8, 4) is 5.75 Å². The first kappa shape index (κ1) is 11.0. The number of rotatable bonds is 3. The Labute approximate surface area is 83.3 Å². The largest absolute Gasteiger partial charge is 0.496 e. The fourth-order valence-electron chi connectivity index (χ4n) is 1.42. The molecule has 14 heavy (non-hydrogen) atoms. The molecule has 0 bridgehead atoms. The standard InChI is InChI=1S/C11H15FO2/c1-4-9(13)11-8(12)5-7(2)6-10(11)14-3/h5-6,9,13H,4H2,1-3H3. The zero-order chi connectivity index (χ0) is 10.7. The SMILES string of the molecule is CCC(O)c1c(F)cc(C)cc1OC. The number of hydrogen-bond donors (Lipinski definition) is 1. The van der Waals surface area contributed by atoms with Crippen molar-refractivity contribution in [1.82, 2.24) is 0 Å². The number of hydrogen-bond acceptors (Lipinski definition) is 2. The summed E-state index contributed by atoms with van der Waals surface area (Å²) >= 11 is 0. The van der Waals surface area contributed by atoms with Crippen molar-refractivity contribution in [3.63, 3.8) is 0 Å². The number of aliphatic hydroxyl groups is 1. The second kappa shape index (κ2) is 4.42. The van der Waals surface area contributed by atoms with Gasteiger partial charge in [0, 0.05) is 0 Å². The molecular formula is C11H15FO2. The lowest BCUT2D eigenvalue weighted by atomic mass is 10.0. The fraction of sp³-hybridized carbons (Fsp3) is 0.455. The monoisotopic (exact) mass is 198 g/mol. The molecule has 0 spiro atoms. The molecule has 0 saturated carbocycles. The van der Waals surface area contributed by atoms with Gasteiger partial charge >= 0.3 is 0 Å². The predicted molar refractivity (Wildman–Crippen MR) is 52.9 cm³/mol. The van der Waals surface area contributed by atoms with Gasteiger partial charge < -0.3 is 9.84 Å². The first-order chi connectivity index (χ1) is 6.60. The molecule has 1 rings (SSSR count). The first-order valence-electron chi connectivity index (χ1n) is 4.62. The lowest BCUT2D eigenvalue weighted by Gasteiger charge is -2.14. The van der Waals surface area contributed by atoms with E-state index in [0.717, 1.165) is 5.56 Å². The average Bonchev–Trinajstić information content (AvgIpc) is 2.15. The van der Waals surface area contributed by atoms with Crippen LogP contribution in [0.3, 0.4) is 0 Å². The molecule has 0 radical (unpaired) electrons. The van der Waals surface area contributed by atoms with Crippen LogP contribution in [0.4, 0.5) is 4.39 Å². The van der Waals surface area contributed by atoms with E-state index < -0.39 is 11.9 Å². The van der Waals surface area contributed by atoms with Gasteiger partial charge in [0.25, 0.3) is 0 Å². The smallest absolute Gasteiger partial charge is 0.132 e. The molecule has 1 atom stereocenters. The predicted octanol–water partition coefficient (Wildman–Crippen LogP) is 2.59. The van der Waals surface area contributed by atoms with Crippen molar-refractivity contribution in [1.29, 1.82) is 0 Å². The fourth-order valence-corrected chi connectivity index (χ4v) is 1.42. The van der Waals surface area contributed by atoms with Crippen molar-refractivity contribution in [2.45, 2.75) is 26.4 Å². The van der Waals surface area contributed by atoms with Gasteiger partial charge in [-0.05, 0) is 31.0 Å². The lowest BCUT2D eigenvalue weighted by molar-refractivity contribution is 0.164. The van der Waals surface area contributed by atoms with Crippen molar-refractivity contribution in [2.75, 3.05) is 7.11 Å². The number of methoxy groups -OCH3 is 1. The summed E-state index contributed by atoms with van der Waals surface area (Å²) in [5, 5.41) is 9.59. The summed E-state index contributed by atoms with van der Waals surface area (Å²) in [6.07, 6.45) is -0.332. The second-order valence-corrected chi connectivity index (χ2v) is 3.29. The number of aryl methyl sites for hydroxylation is 1. The summed E-state index contributed by atoms with van der Waals surface area (Å²) < 4.78 is 18.5. The van der Waals surface area contributed by atoms with Crippen LogP contribution in [0.15, 0.2) is 12.1 Å². The summed E-state index contributed by atoms with van der Waals surface area (Å²) in [5.41, 5.74) is 1.03. The van der Waals surface area contributed by atoms with Crippen LogP contribution in [-0.2, 0) is 0 Å². The third-order valence-corrected chi connectivity index (χ3v) is 2.18. The molecule has 0 saturated heterocycles. The number of aliphatic hydroxyl groups excluding tert-OH is 1. The molecule has 0 aliphatic rings. The minimum Gasteiger partial charge on any atom is -0.496 e. The maximum atomic E-state index is 13.5. The molecular weight excluding hydrogens is 183 g/mol. The van der Waals surface area contributed by atoms with Gasteiger partial charge in [-0.1, -0.05) is 6.92 Å². The van der Waals surface area contributed by atoms with Crippen LogP contribution in [-0.4, -0.2) is 12.2 Å². The molecule has 0 heterocycles. The highest BCUT2D eigenvalue weighted by Gasteiger charge is 2.17. The van der Waals surface area contributed by atoms with E-state index >= 15 is 0 Å². The normalized spacial score (nSPS) is 12.6. The van der Waals surface area contributed by atoms with E-state index in [4.69, 9.17) is 4.74 Å². The lowest BCUT2D eigenvalue weighted by Crippen LogP contribution is -2.03. The molecule has 1 N–H and O–H groups in total. The van der Waals surface area contributed by atoms with Crippen molar-refractivity contribution in [3.05, 3.63) is 29.1 Å². The van der Waals surface area contributed by atoms with Gasteiger partial charge in [-0.25, -0.2) is 4.39 Å². The van der Waals surface area contributed by atoms with E-state index in [2.05, 4.69) is 0 Å². The average molecular weight is 198 g/mol. The Morgan fingerprint density at radius 3 is 2.64 bits per heavy atom. The summed E-state index contributed by atoms with van der Waals surface area (Å²) in [6.45, 7) is 3.58. The Morgan fingerprint density at radius 1 is 1.50 bits per heavy atom. The van der Waals surface area contributed by atoms with E-state index in [1.54, 1.807) is 19.9 Å². The van der Waals surface area contributed by atoms with E-state index in [1.807, 2.05) is 0 Å². The van der Waals surface area contributed by atoms with Crippen LogP contribution in [0.25, 0.3) is 0 Å². The third kappa shape index (κ3) is 2.04. The van der Waals surface area contributed by atoms with Crippen molar-refractivity contribution >= 4 is 0 Å². The first-order valence-corrected chi connectivity index (χ1v) is 4.62. The van der Waals surface area contributed by atoms with Gasteiger partial charge in [0.05, 0.1) is 18.8 Å². The van der Waals surface area contributed by atoms with Gasteiger partial charge in [0.15, 0.2) is 0 Å². The van der Waals surface area contributed by atoms with Crippen molar-refractivity contribution < 1.29 is 14.2 Å². The minimum absolute atomic E-state index is 0.251. The molecule has 0 aromatic heterocycles. The number of halogens is 1. The van der Waals surface area contributed by atoms with E-state index in [0.29, 0.717) is 12.2 Å². The van der Waals surface area contributed by atoms with Crippen molar-refractivity contribution in [2.24, 2.45) is 0 Å². The third-order valence-electron chi connectivity index (χ3n) is 2.18. The zero-order valence-corrected chi connectivity index (χ0v) is 8.67. The Bertz CT molecular complexity index is 323. The number of ether oxygens (including phenoxy) is 1. The highest BCUT2D eigenvalue weighted by molar-refractivity contribution is 5.39. The van der Waals surface area contributed by atoms with Gasteiger partial charge in [-0.2, -0.15) is 0 Å². The van der Waals surface area contributed by atoms with E-state index in [9.17, 15) is 9.50 Å². The highest BCUT2D eigenvalue weighted by Crippen LogP contribution is 2.30.